The topological polar surface area (TPSA) is 29.9 Å². The Morgan fingerprint density at radius 1 is 1.20 bits per heavy atom. The molecule has 0 spiro atoms. The molecule has 1 aromatic heterocycles. The molecule has 0 radical (unpaired) electrons. The van der Waals surface area contributed by atoms with E-state index in [0.717, 1.165) is 30.6 Å². The zero-order valence-electron chi connectivity index (χ0n) is 11.8. The van der Waals surface area contributed by atoms with Crippen LogP contribution in [0.3, 0.4) is 0 Å². The molecule has 0 bridgehead atoms. The van der Waals surface area contributed by atoms with Crippen LogP contribution in [0.2, 0.25) is 0 Å². The number of aryl methyl sites for hydroxylation is 1. The molecule has 0 aliphatic heterocycles. The van der Waals surface area contributed by atoms with Gasteiger partial charge >= 0.3 is 0 Å². The van der Waals surface area contributed by atoms with Crippen LogP contribution < -0.4 is 5.32 Å². The van der Waals surface area contributed by atoms with Gasteiger partial charge in [-0.15, -0.1) is 0 Å². The second kappa shape index (κ2) is 6.61. The molecule has 0 aliphatic rings. The van der Waals surface area contributed by atoms with Crippen molar-refractivity contribution in [3.63, 3.8) is 0 Å². The van der Waals surface area contributed by atoms with Gasteiger partial charge in [-0.1, -0.05) is 6.92 Å². The average Bonchev–Trinajstić information content (AvgIpc) is 2.71. The molecule has 0 saturated heterocycles. The number of hydrogen-bond donors (Lipinski definition) is 1. The van der Waals surface area contributed by atoms with Crippen molar-refractivity contribution in [2.24, 2.45) is 0 Å². The second-order valence-corrected chi connectivity index (χ2v) is 4.84. The second-order valence-electron chi connectivity index (χ2n) is 4.84. The number of imidazole rings is 1. The Bertz CT molecular complexity index is 558. The first-order valence-corrected chi connectivity index (χ1v) is 6.77. The van der Waals surface area contributed by atoms with E-state index in [2.05, 4.69) is 17.2 Å². The lowest BCUT2D eigenvalue weighted by Gasteiger charge is -2.11. The summed E-state index contributed by atoms with van der Waals surface area (Å²) in [6, 6.07) is 3.59. The molecule has 0 aliphatic carbocycles. The molecule has 0 unspecified atom stereocenters. The number of nitrogens with zero attached hydrogens (tertiary/aromatic N) is 2. The largest absolute Gasteiger partial charge is 0.327 e. The first kappa shape index (κ1) is 14.7. The maximum Gasteiger partial charge on any atom is 0.126 e. The van der Waals surface area contributed by atoms with Gasteiger partial charge < -0.3 is 9.88 Å². The lowest BCUT2D eigenvalue weighted by Crippen LogP contribution is -2.17. The van der Waals surface area contributed by atoms with Crippen molar-refractivity contribution in [1.29, 1.82) is 0 Å². The van der Waals surface area contributed by atoms with Crippen molar-refractivity contribution < 1.29 is 8.78 Å². The van der Waals surface area contributed by atoms with E-state index in [1.807, 2.05) is 11.5 Å². The van der Waals surface area contributed by atoms with E-state index < -0.39 is 11.6 Å². The minimum absolute atomic E-state index is 0.420. The Morgan fingerprint density at radius 2 is 1.90 bits per heavy atom. The van der Waals surface area contributed by atoms with Crippen LogP contribution in [0.15, 0.2) is 24.4 Å². The molecule has 1 aromatic carbocycles. The summed E-state index contributed by atoms with van der Waals surface area (Å²) in [5.74, 6) is -0.269. The number of aromatic nitrogens is 2. The molecule has 108 valence electrons. The lowest BCUT2D eigenvalue weighted by molar-refractivity contribution is 0.574. The Labute approximate surface area is 117 Å². The molecule has 2 aromatic rings. The molecule has 5 heteroatoms. The van der Waals surface area contributed by atoms with E-state index in [0.29, 0.717) is 18.7 Å². The molecule has 3 nitrogen and oxygen atoms in total. The molecule has 0 amide bonds. The molecule has 1 heterocycles. The molecule has 2 rings (SSSR count). The molecule has 20 heavy (non-hydrogen) atoms. The molecule has 0 fully saturated rings. The van der Waals surface area contributed by atoms with Gasteiger partial charge in [0.05, 0.1) is 5.69 Å². The van der Waals surface area contributed by atoms with Gasteiger partial charge in [-0.3, -0.25) is 0 Å². The third kappa shape index (κ3) is 3.63. The third-order valence-corrected chi connectivity index (χ3v) is 3.13. The SMILES string of the molecule is CCCNCc1cnc(C)n1Cc1cc(F)cc(F)c1. The summed E-state index contributed by atoms with van der Waals surface area (Å²) in [6.07, 6.45) is 2.86. The maximum absolute atomic E-state index is 13.2. The number of rotatable bonds is 6. The number of nitrogens with one attached hydrogen (secondary N) is 1. The maximum atomic E-state index is 13.2. The summed E-state index contributed by atoms with van der Waals surface area (Å²) in [7, 11) is 0. The third-order valence-electron chi connectivity index (χ3n) is 3.13. The predicted octanol–water partition coefficient (Wildman–Crippen LogP) is 3.02. The monoisotopic (exact) mass is 279 g/mol. The van der Waals surface area contributed by atoms with E-state index in [4.69, 9.17) is 0 Å². The van der Waals surface area contributed by atoms with Gasteiger partial charge in [-0.25, -0.2) is 13.8 Å². The summed E-state index contributed by atoms with van der Waals surface area (Å²) < 4.78 is 28.4. The molecular formula is C15H19F2N3. The normalized spacial score (nSPS) is 11.0. The van der Waals surface area contributed by atoms with Crippen LogP contribution in [0.1, 0.15) is 30.4 Å². The first-order valence-electron chi connectivity index (χ1n) is 6.77. The first-order chi connectivity index (χ1) is 9.60. The number of halogens is 2. The van der Waals surface area contributed by atoms with Crippen LogP contribution in [-0.2, 0) is 13.1 Å². The van der Waals surface area contributed by atoms with Crippen molar-refractivity contribution in [3.05, 3.63) is 53.1 Å². The fourth-order valence-corrected chi connectivity index (χ4v) is 2.15. The molecular weight excluding hydrogens is 260 g/mol. The fourth-order valence-electron chi connectivity index (χ4n) is 2.15. The highest BCUT2D eigenvalue weighted by Crippen LogP contribution is 2.13. The minimum Gasteiger partial charge on any atom is -0.327 e. The van der Waals surface area contributed by atoms with Crippen molar-refractivity contribution in [3.8, 4) is 0 Å². The predicted molar refractivity (Wildman–Crippen MR) is 74.4 cm³/mol. The summed E-state index contributed by atoms with van der Waals surface area (Å²) in [4.78, 5) is 4.27. The van der Waals surface area contributed by atoms with E-state index >= 15 is 0 Å². The van der Waals surface area contributed by atoms with Crippen LogP contribution in [0, 0.1) is 18.6 Å². The fraction of sp³-hybridized carbons (Fsp3) is 0.400. The van der Waals surface area contributed by atoms with E-state index in [1.165, 1.54) is 12.1 Å². The van der Waals surface area contributed by atoms with Gasteiger partial charge in [-0.05, 0) is 37.6 Å². The quantitative estimate of drug-likeness (QED) is 0.824. The molecule has 0 saturated carbocycles. The highest BCUT2D eigenvalue weighted by molar-refractivity contribution is 5.20. The van der Waals surface area contributed by atoms with E-state index in [1.54, 1.807) is 6.20 Å². The van der Waals surface area contributed by atoms with Crippen molar-refractivity contribution >= 4 is 0 Å². The van der Waals surface area contributed by atoms with Gasteiger partial charge in [-0.2, -0.15) is 0 Å². The highest BCUT2D eigenvalue weighted by atomic mass is 19.1. The Kier molecular flexibility index (Phi) is 4.84. The molecule has 1 N–H and O–H groups in total. The van der Waals surface area contributed by atoms with Crippen LogP contribution in [0.25, 0.3) is 0 Å². The smallest absolute Gasteiger partial charge is 0.126 e. The summed E-state index contributed by atoms with van der Waals surface area (Å²) >= 11 is 0. The zero-order valence-corrected chi connectivity index (χ0v) is 11.8. The average molecular weight is 279 g/mol. The van der Waals surface area contributed by atoms with E-state index in [9.17, 15) is 8.78 Å². The summed E-state index contributed by atoms with van der Waals surface area (Å²) in [6.45, 7) is 6.04. The number of benzene rings is 1. The standard InChI is InChI=1S/C15H19F2N3/c1-3-4-18-8-15-9-19-11(2)20(15)10-12-5-13(16)7-14(17)6-12/h5-7,9,18H,3-4,8,10H2,1-2H3. The van der Waals surface area contributed by atoms with Gasteiger partial charge in [0.15, 0.2) is 0 Å². The van der Waals surface area contributed by atoms with Gasteiger partial charge in [0.2, 0.25) is 0 Å². The summed E-state index contributed by atoms with van der Waals surface area (Å²) in [5.41, 5.74) is 1.61. The van der Waals surface area contributed by atoms with Gasteiger partial charge in [0.25, 0.3) is 0 Å². The van der Waals surface area contributed by atoms with Crippen LogP contribution >= 0.6 is 0 Å². The zero-order chi connectivity index (χ0) is 14.5. The Hall–Kier alpha value is -1.75. The van der Waals surface area contributed by atoms with Crippen LogP contribution in [0.4, 0.5) is 8.78 Å². The van der Waals surface area contributed by atoms with Crippen molar-refractivity contribution in [2.75, 3.05) is 6.54 Å². The Balaban J connectivity index is 2.17. The van der Waals surface area contributed by atoms with Crippen molar-refractivity contribution in [2.45, 2.75) is 33.4 Å². The lowest BCUT2D eigenvalue weighted by atomic mass is 10.2. The summed E-state index contributed by atoms with van der Waals surface area (Å²) in [5, 5.41) is 3.30. The minimum atomic E-state index is -0.552. The number of hydrogen-bond acceptors (Lipinski definition) is 2. The van der Waals surface area contributed by atoms with Gasteiger partial charge in [0, 0.05) is 25.4 Å². The van der Waals surface area contributed by atoms with Crippen molar-refractivity contribution in [1.82, 2.24) is 14.9 Å². The highest BCUT2D eigenvalue weighted by Gasteiger charge is 2.08. The van der Waals surface area contributed by atoms with E-state index in [-0.39, 0.29) is 0 Å². The van der Waals surface area contributed by atoms with Crippen LogP contribution in [-0.4, -0.2) is 16.1 Å². The molecule has 0 atom stereocenters. The van der Waals surface area contributed by atoms with Gasteiger partial charge in [0.1, 0.15) is 17.5 Å². The Morgan fingerprint density at radius 3 is 2.55 bits per heavy atom. The van der Waals surface area contributed by atoms with Crippen LogP contribution in [0.5, 0.6) is 0 Å².